The van der Waals surface area contributed by atoms with Crippen molar-refractivity contribution >= 4 is 11.9 Å². The lowest BCUT2D eigenvalue weighted by Gasteiger charge is -2.05. The number of hydrogen-bond acceptors (Lipinski definition) is 5. The molecule has 0 aliphatic carbocycles. The summed E-state index contributed by atoms with van der Waals surface area (Å²) in [6, 6.07) is 15.6. The minimum Gasteiger partial charge on any atom is -0.484 e. The highest BCUT2D eigenvalue weighted by molar-refractivity contribution is 5.89. The molecule has 0 unspecified atom stereocenters. The summed E-state index contributed by atoms with van der Waals surface area (Å²) in [5, 5.41) is 10.3. The Hall–Kier alpha value is -3.15. The number of hydrogen-bond donors (Lipinski definition) is 1. The van der Waals surface area contributed by atoms with Gasteiger partial charge in [-0.2, -0.15) is 0 Å². The Balaban J connectivity index is 1.52. The van der Waals surface area contributed by atoms with Gasteiger partial charge in [-0.3, -0.25) is 10.1 Å². The first-order chi connectivity index (χ1) is 12.1. The highest BCUT2D eigenvalue weighted by Crippen LogP contribution is 2.14. The number of anilines is 1. The van der Waals surface area contributed by atoms with Crippen molar-refractivity contribution in [1.29, 1.82) is 0 Å². The zero-order chi connectivity index (χ0) is 17.6. The molecule has 0 spiro atoms. The van der Waals surface area contributed by atoms with Crippen molar-refractivity contribution in [3.8, 4) is 5.75 Å². The van der Waals surface area contributed by atoms with Crippen LogP contribution in [0.3, 0.4) is 0 Å². The van der Waals surface area contributed by atoms with Crippen LogP contribution in [0.25, 0.3) is 0 Å². The molecule has 0 fully saturated rings. The fraction of sp³-hybridized carbons (Fsp3) is 0.211. The number of carbonyl (C=O) groups is 1. The molecule has 0 bridgehead atoms. The molecule has 128 valence electrons. The van der Waals surface area contributed by atoms with Gasteiger partial charge in [0.05, 0.1) is 6.42 Å². The van der Waals surface area contributed by atoms with Gasteiger partial charge in [0.15, 0.2) is 6.61 Å². The number of benzene rings is 2. The zero-order valence-electron chi connectivity index (χ0n) is 14.2. The molecule has 0 saturated heterocycles. The number of amides is 1. The molecule has 3 rings (SSSR count). The van der Waals surface area contributed by atoms with E-state index in [-0.39, 0.29) is 18.5 Å². The summed E-state index contributed by atoms with van der Waals surface area (Å²) in [5.74, 6) is 0.728. The normalized spacial score (nSPS) is 10.5. The molecule has 1 amide bonds. The van der Waals surface area contributed by atoms with Crippen molar-refractivity contribution in [1.82, 2.24) is 10.2 Å². The van der Waals surface area contributed by atoms with Crippen LogP contribution in [0.2, 0.25) is 0 Å². The Morgan fingerprint density at radius 3 is 2.64 bits per heavy atom. The summed E-state index contributed by atoms with van der Waals surface area (Å²) < 4.78 is 10.9. The fourth-order valence-electron chi connectivity index (χ4n) is 2.27. The third kappa shape index (κ3) is 4.91. The molecule has 6 heteroatoms. The van der Waals surface area contributed by atoms with Crippen molar-refractivity contribution in [3.05, 3.63) is 71.1 Å². The number of carbonyl (C=O) groups excluding carboxylic acids is 1. The summed E-state index contributed by atoms with van der Waals surface area (Å²) in [4.78, 5) is 11.9. The van der Waals surface area contributed by atoms with Crippen LogP contribution >= 0.6 is 0 Å². The van der Waals surface area contributed by atoms with Crippen molar-refractivity contribution in [2.45, 2.75) is 20.3 Å². The van der Waals surface area contributed by atoms with E-state index in [0.717, 1.165) is 11.1 Å². The molecule has 6 nitrogen and oxygen atoms in total. The standard InChI is InChI=1S/C19H19N3O3/c1-13-6-8-15(9-7-13)11-18-21-22-19(25-18)20-17(23)12-24-16-5-3-4-14(2)10-16/h3-10H,11-12H2,1-2H3,(H,20,22,23). The summed E-state index contributed by atoms with van der Waals surface area (Å²) in [6.07, 6.45) is 0.517. The summed E-state index contributed by atoms with van der Waals surface area (Å²) >= 11 is 0. The zero-order valence-corrected chi connectivity index (χ0v) is 14.2. The smallest absolute Gasteiger partial charge is 0.322 e. The lowest BCUT2D eigenvalue weighted by Crippen LogP contribution is -2.20. The van der Waals surface area contributed by atoms with E-state index in [1.54, 1.807) is 6.07 Å². The van der Waals surface area contributed by atoms with E-state index < -0.39 is 0 Å². The van der Waals surface area contributed by atoms with Gasteiger partial charge in [-0.15, -0.1) is 5.10 Å². The summed E-state index contributed by atoms with van der Waals surface area (Å²) in [5.41, 5.74) is 3.32. The van der Waals surface area contributed by atoms with E-state index in [1.807, 2.05) is 56.3 Å². The van der Waals surface area contributed by atoms with E-state index in [4.69, 9.17) is 9.15 Å². The third-order valence-corrected chi connectivity index (χ3v) is 3.55. The second-order valence-electron chi connectivity index (χ2n) is 5.82. The van der Waals surface area contributed by atoms with Gasteiger partial charge in [0.1, 0.15) is 5.75 Å². The number of aryl methyl sites for hydroxylation is 2. The van der Waals surface area contributed by atoms with Crippen molar-refractivity contribution < 1.29 is 13.9 Å². The predicted molar refractivity (Wildman–Crippen MR) is 93.6 cm³/mol. The molecule has 1 heterocycles. The second kappa shape index (κ2) is 7.61. The van der Waals surface area contributed by atoms with E-state index in [0.29, 0.717) is 18.1 Å². The van der Waals surface area contributed by atoms with Crippen molar-refractivity contribution in [2.24, 2.45) is 0 Å². The predicted octanol–water partition coefficient (Wildman–Crippen LogP) is 3.29. The molecule has 0 saturated carbocycles. The van der Waals surface area contributed by atoms with Gasteiger partial charge in [0.25, 0.3) is 5.91 Å². The van der Waals surface area contributed by atoms with E-state index in [9.17, 15) is 4.79 Å². The number of ether oxygens (including phenoxy) is 1. The van der Waals surface area contributed by atoms with Crippen LogP contribution in [0.5, 0.6) is 5.75 Å². The van der Waals surface area contributed by atoms with E-state index >= 15 is 0 Å². The molecule has 2 aromatic carbocycles. The highest BCUT2D eigenvalue weighted by Gasteiger charge is 2.11. The molecule has 3 aromatic rings. The van der Waals surface area contributed by atoms with Crippen LogP contribution in [-0.4, -0.2) is 22.7 Å². The molecule has 1 aromatic heterocycles. The van der Waals surface area contributed by atoms with Crippen LogP contribution in [0, 0.1) is 13.8 Å². The summed E-state index contributed by atoms with van der Waals surface area (Å²) in [6.45, 7) is 3.86. The number of aromatic nitrogens is 2. The van der Waals surface area contributed by atoms with Crippen LogP contribution in [0.1, 0.15) is 22.6 Å². The SMILES string of the molecule is Cc1ccc(Cc2nnc(NC(=O)COc3cccc(C)c3)o2)cc1. The highest BCUT2D eigenvalue weighted by atomic mass is 16.5. The van der Waals surface area contributed by atoms with Gasteiger partial charge in [0, 0.05) is 0 Å². The first-order valence-electron chi connectivity index (χ1n) is 7.96. The van der Waals surface area contributed by atoms with Crippen molar-refractivity contribution in [3.63, 3.8) is 0 Å². The van der Waals surface area contributed by atoms with Crippen LogP contribution < -0.4 is 10.1 Å². The molecule has 1 N–H and O–H groups in total. The first-order valence-corrected chi connectivity index (χ1v) is 7.96. The molecule has 25 heavy (non-hydrogen) atoms. The van der Waals surface area contributed by atoms with Gasteiger partial charge in [-0.1, -0.05) is 47.1 Å². The molecular formula is C19H19N3O3. The molecule has 0 aliphatic rings. The molecule has 0 radical (unpaired) electrons. The minimum atomic E-state index is -0.355. The first kappa shape index (κ1) is 16.7. The number of nitrogens with one attached hydrogen (secondary N) is 1. The Kier molecular flexibility index (Phi) is 5.09. The topological polar surface area (TPSA) is 77.2 Å². The molecule has 0 aliphatic heterocycles. The van der Waals surface area contributed by atoms with Gasteiger partial charge in [0.2, 0.25) is 5.89 Å². The Morgan fingerprint density at radius 2 is 1.88 bits per heavy atom. The van der Waals surface area contributed by atoms with Gasteiger partial charge >= 0.3 is 6.01 Å². The summed E-state index contributed by atoms with van der Waals surface area (Å²) in [7, 11) is 0. The maximum Gasteiger partial charge on any atom is 0.322 e. The molecule has 0 atom stereocenters. The van der Waals surface area contributed by atoms with Crippen LogP contribution in [0.15, 0.2) is 52.9 Å². The Labute approximate surface area is 145 Å². The Morgan fingerprint density at radius 1 is 1.08 bits per heavy atom. The second-order valence-corrected chi connectivity index (χ2v) is 5.82. The van der Waals surface area contributed by atoms with E-state index in [2.05, 4.69) is 15.5 Å². The van der Waals surface area contributed by atoms with Gasteiger partial charge in [-0.25, -0.2) is 0 Å². The largest absolute Gasteiger partial charge is 0.484 e. The quantitative estimate of drug-likeness (QED) is 0.747. The van der Waals surface area contributed by atoms with Crippen LogP contribution in [0.4, 0.5) is 6.01 Å². The van der Waals surface area contributed by atoms with Crippen LogP contribution in [-0.2, 0) is 11.2 Å². The van der Waals surface area contributed by atoms with E-state index in [1.165, 1.54) is 5.56 Å². The number of rotatable bonds is 6. The average Bonchev–Trinajstić information content (AvgIpc) is 3.02. The fourth-order valence-corrected chi connectivity index (χ4v) is 2.27. The number of nitrogens with zero attached hydrogens (tertiary/aromatic N) is 2. The van der Waals surface area contributed by atoms with Gasteiger partial charge < -0.3 is 9.15 Å². The molecular weight excluding hydrogens is 318 g/mol. The minimum absolute atomic E-state index is 0.0694. The Bertz CT molecular complexity index is 856. The maximum atomic E-state index is 11.9. The third-order valence-electron chi connectivity index (χ3n) is 3.55. The van der Waals surface area contributed by atoms with Crippen molar-refractivity contribution in [2.75, 3.05) is 11.9 Å². The maximum absolute atomic E-state index is 11.9. The lowest BCUT2D eigenvalue weighted by molar-refractivity contribution is -0.118. The monoisotopic (exact) mass is 337 g/mol. The lowest BCUT2D eigenvalue weighted by atomic mass is 10.1. The van der Waals surface area contributed by atoms with Gasteiger partial charge in [-0.05, 0) is 37.1 Å². The average molecular weight is 337 g/mol.